The lowest BCUT2D eigenvalue weighted by Crippen LogP contribution is -2.41. The fourth-order valence-electron chi connectivity index (χ4n) is 2.69. The Morgan fingerprint density at radius 3 is 3.05 bits per heavy atom. The van der Waals surface area contributed by atoms with Crippen molar-refractivity contribution in [1.29, 1.82) is 0 Å². The van der Waals surface area contributed by atoms with Crippen LogP contribution in [0.5, 0.6) is 0 Å². The van der Waals surface area contributed by atoms with Crippen molar-refractivity contribution in [3.63, 3.8) is 0 Å². The number of amides is 1. The van der Waals surface area contributed by atoms with Crippen molar-refractivity contribution in [1.82, 2.24) is 10.6 Å². The van der Waals surface area contributed by atoms with Crippen molar-refractivity contribution >= 4 is 5.91 Å². The maximum atomic E-state index is 11.9. The molecule has 0 saturated carbocycles. The zero-order valence-corrected chi connectivity index (χ0v) is 11.9. The molecule has 0 aromatic heterocycles. The van der Waals surface area contributed by atoms with Crippen LogP contribution in [0.25, 0.3) is 0 Å². The molecule has 1 amide bonds. The van der Waals surface area contributed by atoms with Crippen LogP contribution in [0, 0.1) is 18.8 Å². The Labute approximate surface area is 115 Å². The predicted octanol–water partition coefficient (Wildman–Crippen LogP) is 1.90. The molecule has 1 aromatic carbocycles. The number of carbonyl (C=O) groups is 1. The van der Waals surface area contributed by atoms with Gasteiger partial charge >= 0.3 is 0 Å². The summed E-state index contributed by atoms with van der Waals surface area (Å²) in [6.07, 6.45) is 1.65. The monoisotopic (exact) mass is 260 g/mol. The van der Waals surface area contributed by atoms with E-state index in [-0.39, 0.29) is 5.91 Å². The van der Waals surface area contributed by atoms with Crippen molar-refractivity contribution in [2.75, 3.05) is 19.6 Å². The first kappa shape index (κ1) is 14.1. The Morgan fingerprint density at radius 2 is 2.32 bits per heavy atom. The standard InChI is InChI=1S/C16H24N2O/c1-12-4-3-5-14(8-12)9-16(19)18-11-15-6-7-17-10-13(15)2/h3-5,8,13,15,17H,6-7,9-11H2,1-2H3,(H,18,19). The average Bonchev–Trinajstić information content (AvgIpc) is 2.38. The molecule has 1 aliphatic heterocycles. The molecule has 2 unspecified atom stereocenters. The van der Waals surface area contributed by atoms with Gasteiger partial charge in [-0.3, -0.25) is 4.79 Å². The molecule has 0 bridgehead atoms. The number of hydrogen-bond acceptors (Lipinski definition) is 2. The zero-order chi connectivity index (χ0) is 13.7. The SMILES string of the molecule is Cc1cccc(CC(=O)NCC2CCNCC2C)c1. The maximum absolute atomic E-state index is 11.9. The van der Waals surface area contributed by atoms with Crippen LogP contribution < -0.4 is 10.6 Å². The number of nitrogens with one attached hydrogen (secondary N) is 2. The highest BCUT2D eigenvalue weighted by atomic mass is 16.1. The highest BCUT2D eigenvalue weighted by Gasteiger charge is 2.21. The number of carbonyl (C=O) groups excluding carboxylic acids is 1. The first-order valence-corrected chi connectivity index (χ1v) is 7.18. The van der Waals surface area contributed by atoms with E-state index < -0.39 is 0 Å². The molecule has 1 heterocycles. The summed E-state index contributed by atoms with van der Waals surface area (Å²) in [5.41, 5.74) is 2.30. The van der Waals surface area contributed by atoms with Crippen LogP contribution in [0.15, 0.2) is 24.3 Å². The molecule has 2 rings (SSSR count). The summed E-state index contributed by atoms with van der Waals surface area (Å²) in [4.78, 5) is 11.9. The second-order valence-corrected chi connectivity index (χ2v) is 5.70. The zero-order valence-electron chi connectivity index (χ0n) is 11.9. The summed E-state index contributed by atoms with van der Waals surface area (Å²) in [7, 11) is 0. The third-order valence-corrected chi connectivity index (χ3v) is 3.97. The lowest BCUT2D eigenvalue weighted by Gasteiger charge is -2.29. The Kier molecular flexibility index (Phi) is 4.97. The molecular weight excluding hydrogens is 236 g/mol. The van der Waals surface area contributed by atoms with Gasteiger partial charge in [-0.1, -0.05) is 36.8 Å². The van der Waals surface area contributed by atoms with E-state index in [4.69, 9.17) is 0 Å². The van der Waals surface area contributed by atoms with Gasteiger partial charge in [-0.15, -0.1) is 0 Å². The van der Waals surface area contributed by atoms with Gasteiger partial charge in [-0.25, -0.2) is 0 Å². The Bertz CT molecular complexity index is 431. The molecule has 1 saturated heterocycles. The summed E-state index contributed by atoms with van der Waals surface area (Å²) in [5, 5.41) is 6.47. The Balaban J connectivity index is 1.78. The van der Waals surface area contributed by atoms with E-state index in [0.29, 0.717) is 18.3 Å². The van der Waals surface area contributed by atoms with E-state index in [2.05, 4.69) is 36.6 Å². The highest BCUT2D eigenvalue weighted by molar-refractivity contribution is 5.78. The molecule has 1 fully saturated rings. The van der Waals surface area contributed by atoms with E-state index in [1.807, 2.05) is 12.1 Å². The van der Waals surface area contributed by atoms with Crippen LogP contribution in [0.2, 0.25) is 0 Å². The Morgan fingerprint density at radius 1 is 1.47 bits per heavy atom. The molecule has 3 heteroatoms. The molecule has 0 spiro atoms. The van der Waals surface area contributed by atoms with Crippen molar-refractivity contribution in [2.45, 2.75) is 26.7 Å². The molecule has 0 radical (unpaired) electrons. The third-order valence-electron chi connectivity index (χ3n) is 3.97. The largest absolute Gasteiger partial charge is 0.356 e. The lowest BCUT2D eigenvalue weighted by atomic mass is 9.88. The number of benzene rings is 1. The first-order chi connectivity index (χ1) is 9.15. The number of rotatable bonds is 4. The topological polar surface area (TPSA) is 41.1 Å². The smallest absolute Gasteiger partial charge is 0.224 e. The van der Waals surface area contributed by atoms with E-state index in [9.17, 15) is 4.79 Å². The highest BCUT2D eigenvalue weighted by Crippen LogP contribution is 2.17. The minimum Gasteiger partial charge on any atom is -0.356 e. The third kappa shape index (κ3) is 4.35. The first-order valence-electron chi connectivity index (χ1n) is 7.18. The van der Waals surface area contributed by atoms with Gasteiger partial charge in [0.15, 0.2) is 0 Å². The van der Waals surface area contributed by atoms with Gasteiger partial charge in [-0.05, 0) is 43.8 Å². The maximum Gasteiger partial charge on any atom is 0.224 e. The molecule has 3 nitrogen and oxygen atoms in total. The summed E-state index contributed by atoms with van der Waals surface area (Å²) in [6.45, 7) is 7.26. The predicted molar refractivity (Wildman–Crippen MR) is 78.0 cm³/mol. The molecule has 0 aliphatic carbocycles. The minimum atomic E-state index is 0.135. The average molecular weight is 260 g/mol. The van der Waals surface area contributed by atoms with Gasteiger partial charge in [0.05, 0.1) is 6.42 Å². The second-order valence-electron chi connectivity index (χ2n) is 5.70. The summed E-state index contributed by atoms with van der Waals surface area (Å²) in [6, 6.07) is 8.15. The molecule has 2 atom stereocenters. The Hall–Kier alpha value is -1.35. The summed E-state index contributed by atoms with van der Waals surface area (Å²) >= 11 is 0. The lowest BCUT2D eigenvalue weighted by molar-refractivity contribution is -0.120. The molecule has 104 valence electrons. The number of piperidine rings is 1. The summed E-state index contributed by atoms with van der Waals surface area (Å²) < 4.78 is 0. The van der Waals surface area contributed by atoms with Crippen LogP contribution in [0.4, 0.5) is 0 Å². The fraction of sp³-hybridized carbons (Fsp3) is 0.562. The van der Waals surface area contributed by atoms with Crippen molar-refractivity contribution in [2.24, 2.45) is 11.8 Å². The molecule has 1 aromatic rings. The molecule has 19 heavy (non-hydrogen) atoms. The van der Waals surface area contributed by atoms with Gasteiger partial charge < -0.3 is 10.6 Å². The van der Waals surface area contributed by atoms with E-state index in [0.717, 1.165) is 31.6 Å². The van der Waals surface area contributed by atoms with Gasteiger partial charge in [0.2, 0.25) is 5.91 Å². The normalized spacial score (nSPS) is 23.1. The van der Waals surface area contributed by atoms with Crippen LogP contribution in [-0.2, 0) is 11.2 Å². The fourth-order valence-corrected chi connectivity index (χ4v) is 2.69. The van der Waals surface area contributed by atoms with Crippen LogP contribution in [-0.4, -0.2) is 25.5 Å². The quantitative estimate of drug-likeness (QED) is 0.868. The van der Waals surface area contributed by atoms with E-state index in [1.54, 1.807) is 0 Å². The van der Waals surface area contributed by atoms with Gasteiger partial charge in [0.25, 0.3) is 0 Å². The van der Waals surface area contributed by atoms with Crippen molar-refractivity contribution in [3.8, 4) is 0 Å². The number of hydrogen-bond donors (Lipinski definition) is 2. The van der Waals surface area contributed by atoms with Crippen LogP contribution >= 0.6 is 0 Å². The van der Waals surface area contributed by atoms with Crippen LogP contribution in [0.3, 0.4) is 0 Å². The second kappa shape index (κ2) is 6.71. The van der Waals surface area contributed by atoms with Crippen molar-refractivity contribution < 1.29 is 4.79 Å². The van der Waals surface area contributed by atoms with Gasteiger partial charge in [-0.2, -0.15) is 0 Å². The van der Waals surface area contributed by atoms with Gasteiger partial charge in [0, 0.05) is 6.54 Å². The van der Waals surface area contributed by atoms with Gasteiger partial charge in [0.1, 0.15) is 0 Å². The molecule has 2 N–H and O–H groups in total. The minimum absolute atomic E-state index is 0.135. The molecular formula is C16H24N2O. The van der Waals surface area contributed by atoms with Crippen molar-refractivity contribution in [3.05, 3.63) is 35.4 Å². The van der Waals surface area contributed by atoms with E-state index >= 15 is 0 Å². The van der Waals surface area contributed by atoms with E-state index in [1.165, 1.54) is 5.56 Å². The molecule has 1 aliphatic rings. The number of aryl methyl sites for hydroxylation is 1. The van der Waals surface area contributed by atoms with Crippen LogP contribution in [0.1, 0.15) is 24.5 Å². The summed E-state index contributed by atoms with van der Waals surface area (Å²) in [5.74, 6) is 1.40.